The first kappa shape index (κ1) is 17.2. The van der Waals surface area contributed by atoms with Crippen molar-refractivity contribution in [3.05, 3.63) is 0 Å². The molecule has 1 N–H and O–H groups in total. The summed E-state index contributed by atoms with van der Waals surface area (Å²) in [5.74, 6) is 2.63. The Hall–Kier alpha value is -0.120. The number of hydrogen-bond acceptors (Lipinski definition) is 3. The predicted molar refractivity (Wildman–Crippen MR) is 91.7 cm³/mol. The molecule has 1 saturated heterocycles. The van der Waals surface area contributed by atoms with Crippen LogP contribution < -0.4 is 5.32 Å². The van der Waals surface area contributed by atoms with Gasteiger partial charge in [-0.2, -0.15) is 0 Å². The van der Waals surface area contributed by atoms with Gasteiger partial charge in [-0.3, -0.25) is 4.90 Å². The zero-order valence-corrected chi connectivity index (χ0v) is 14.9. The maximum atomic E-state index is 3.77. The lowest BCUT2D eigenvalue weighted by Crippen LogP contribution is -2.54. The van der Waals surface area contributed by atoms with Crippen LogP contribution in [0.15, 0.2) is 0 Å². The van der Waals surface area contributed by atoms with E-state index in [1.54, 1.807) is 0 Å². The van der Waals surface area contributed by atoms with E-state index in [0.29, 0.717) is 6.04 Å². The number of rotatable bonds is 5. The molecule has 0 radical (unpaired) electrons. The maximum absolute atomic E-state index is 3.77. The lowest BCUT2D eigenvalue weighted by molar-refractivity contribution is 0.0568. The molecular weight excluding hydrogens is 258 g/mol. The molecule has 2 rings (SSSR count). The quantitative estimate of drug-likeness (QED) is 0.841. The van der Waals surface area contributed by atoms with Crippen molar-refractivity contribution >= 4 is 0 Å². The molecular formula is C18H37N3. The minimum absolute atomic E-state index is 0.713. The third-order valence-electron chi connectivity index (χ3n) is 5.87. The molecule has 0 amide bonds. The Balaban J connectivity index is 1.95. The monoisotopic (exact) mass is 295 g/mol. The van der Waals surface area contributed by atoms with E-state index in [-0.39, 0.29) is 0 Å². The second-order valence-electron chi connectivity index (χ2n) is 7.85. The molecule has 1 aliphatic heterocycles. The summed E-state index contributed by atoms with van der Waals surface area (Å²) in [4.78, 5) is 5.22. The number of nitrogens with zero attached hydrogens (tertiary/aromatic N) is 2. The average Bonchev–Trinajstić information content (AvgIpc) is 2.43. The van der Waals surface area contributed by atoms with Crippen molar-refractivity contribution in [3.63, 3.8) is 0 Å². The topological polar surface area (TPSA) is 18.5 Å². The van der Waals surface area contributed by atoms with Gasteiger partial charge < -0.3 is 10.2 Å². The van der Waals surface area contributed by atoms with Gasteiger partial charge in [-0.15, -0.1) is 0 Å². The highest BCUT2D eigenvalue weighted by molar-refractivity contribution is 4.89. The lowest BCUT2D eigenvalue weighted by Gasteiger charge is -2.44. The number of nitrogens with one attached hydrogen (secondary N) is 1. The molecule has 1 saturated carbocycles. The van der Waals surface area contributed by atoms with E-state index in [4.69, 9.17) is 0 Å². The van der Waals surface area contributed by atoms with Crippen LogP contribution in [0.3, 0.4) is 0 Å². The Morgan fingerprint density at radius 3 is 2.57 bits per heavy atom. The van der Waals surface area contributed by atoms with Crippen molar-refractivity contribution in [3.8, 4) is 0 Å². The fraction of sp³-hybridized carbons (Fsp3) is 1.00. The molecule has 3 nitrogen and oxygen atoms in total. The number of piperazine rings is 1. The van der Waals surface area contributed by atoms with Crippen molar-refractivity contribution in [2.45, 2.75) is 59.0 Å². The molecule has 0 aromatic rings. The molecule has 0 bridgehead atoms. The fourth-order valence-electron chi connectivity index (χ4n) is 4.39. The highest BCUT2D eigenvalue weighted by atomic mass is 15.3. The summed E-state index contributed by atoms with van der Waals surface area (Å²) in [6.07, 6.45) is 4.22. The Labute approximate surface area is 132 Å². The second-order valence-corrected chi connectivity index (χ2v) is 7.85. The van der Waals surface area contributed by atoms with Crippen LogP contribution in [-0.4, -0.2) is 61.7 Å². The van der Waals surface area contributed by atoms with Gasteiger partial charge in [0.1, 0.15) is 0 Å². The number of likely N-dealkylation sites (N-methyl/N-ethyl adjacent to an activating group) is 1. The molecule has 21 heavy (non-hydrogen) atoms. The third-order valence-corrected chi connectivity index (χ3v) is 5.87. The van der Waals surface area contributed by atoms with Crippen LogP contribution >= 0.6 is 0 Å². The van der Waals surface area contributed by atoms with Gasteiger partial charge in [0.25, 0.3) is 0 Å². The summed E-state index contributed by atoms with van der Waals surface area (Å²) in [5, 5.41) is 3.77. The van der Waals surface area contributed by atoms with E-state index in [1.165, 1.54) is 45.4 Å². The van der Waals surface area contributed by atoms with Crippen molar-refractivity contribution < 1.29 is 0 Å². The molecule has 0 spiro atoms. The van der Waals surface area contributed by atoms with Crippen LogP contribution in [0.1, 0.15) is 47.0 Å². The van der Waals surface area contributed by atoms with Gasteiger partial charge in [-0.25, -0.2) is 0 Å². The first-order valence-electron chi connectivity index (χ1n) is 9.17. The standard InChI is InChI=1S/C18H37N3/c1-6-19-18-8-7-16(14(2)3)11-17(18)13-21-10-9-20(5)12-15(21)4/h14-19H,6-13H2,1-5H3. The van der Waals surface area contributed by atoms with Gasteiger partial charge in [0.2, 0.25) is 0 Å². The Morgan fingerprint density at radius 1 is 1.19 bits per heavy atom. The van der Waals surface area contributed by atoms with E-state index in [2.05, 4.69) is 49.9 Å². The van der Waals surface area contributed by atoms with Crippen LogP contribution in [0.25, 0.3) is 0 Å². The highest BCUT2D eigenvalue weighted by Crippen LogP contribution is 2.34. The van der Waals surface area contributed by atoms with Crippen molar-refractivity contribution in [1.29, 1.82) is 0 Å². The van der Waals surface area contributed by atoms with E-state index >= 15 is 0 Å². The molecule has 0 aromatic carbocycles. The fourth-order valence-corrected chi connectivity index (χ4v) is 4.39. The SMILES string of the molecule is CCNC1CCC(C(C)C)CC1CN1CCN(C)CC1C. The molecule has 3 heteroatoms. The zero-order valence-electron chi connectivity index (χ0n) is 14.9. The molecule has 1 aliphatic carbocycles. The van der Waals surface area contributed by atoms with Crippen molar-refractivity contribution in [2.24, 2.45) is 17.8 Å². The highest BCUT2D eigenvalue weighted by Gasteiger charge is 2.34. The summed E-state index contributed by atoms with van der Waals surface area (Å²) in [6.45, 7) is 15.6. The minimum Gasteiger partial charge on any atom is -0.314 e. The van der Waals surface area contributed by atoms with Crippen molar-refractivity contribution in [1.82, 2.24) is 15.1 Å². The van der Waals surface area contributed by atoms with Gasteiger partial charge in [-0.05, 0) is 57.5 Å². The van der Waals surface area contributed by atoms with E-state index < -0.39 is 0 Å². The molecule has 1 heterocycles. The molecule has 4 atom stereocenters. The van der Waals surface area contributed by atoms with E-state index in [1.807, 2.05) is 0 Å². The third kappa shape index (κ3) is 4.67. The summed E-state index contributed by atoms with van der Waals surface area (Å²) in [6, 6.07) is 1.46. The second kappa shape index (κ2) is 7.94. The van der Waals surface area contributed by atoms with E-state index in [0.717, 1.165) is 30.3 Å². The predicted octanol–water partition coefficient (Wildman–Crippen LogP) is 2.67. The Bertz CT molecular complexity index is 305. The van der Waals surface area contributed by atoms with Crippen LogP contribution in [-0.2, 0) is 0 Å². The summed E-state index contributed by atoms with van der Waals surface area (Å²) >= 11 is 0. The summed E-state index contributed by atoms with van der Waals surface area (Å²) in [7, 11) is 2.25. The van der Waals surface area contributed by atoms with Crippen LogP contribution in [0.4, 0.5) is 0 Å². The van der Waals surface area contributed by atoms with Gasteiger partial charge in [0, 0.05) is 38.3 Å². The largest absolute Gasteiger partial charge is 0.314 e. The Kier molecular flexibility index (Phi) is 6.51. The molecule has 0 aromatic heterocycles. The molecule has 124 valence electrons. The normalized spacial score (nSPS) is 36.3. The minimum atomic E-state index is 0.713. The van der Waals surface area contributed by atoms with Crippen LogP contribution in [0, 0.1) is 17.8 Å². The summed E-state index contributed by atoms with van der Waals surface area (Å²) in [5.41, 5.74) is 0. The molecule has 2 fully saturated rings. The van der Waals surface area contributed by atoms with E-state index in [9.17, 15) is 0 Å². The van der Waals surface area contributed by atoms with Crippen molar-refractivity contribution in [2.75, 3.05) is 39.8 Å². The average molecular weight is 296 g/mol. The van der Waals surface area contributed by atoms with Gasteiger partial charge in [0.15, 0.2) is 0 Å². The first-order valence-corrected chi connectivity index (χ1v) is 9.17. The van der Waals surface area contributed by atoms with Gasteiger partial charge in [-0.1, -0.05) is 20.8 Å². The molecule has 2 aliphatic rings. The maximum Gasteiger partial charge on any atom is 0.0195 e. The zero-order chi connectivity index (χ0) is 15.4. The van der Waals surface area contributed by atoms with Crippen LogP contribution in [0.2, 0.25) is 0 Å². The lowest BCUT2D eigenvalue weighted by atomic mass is 9.73. The van der Waals surface area contributed by atoms with Crippen LogP contribution in [0.5, 0.6) is 0 Å². The van der Waals surface area contributed by atoms with Gasteiger partial charge >= 0.3 is 0 Å². The van der Waals surface area contributed by atoms with Gasteiger partial charge in [0.05, 0.1) is 0 Å². The smallest absolute Gasteiger partial charge is 0.0195 e. The Morgan fingerprint density at radius 2 is 1.95 bits per heavy atom. The number of hydrogen-bond donors (Lipinski definition) is 1. The summed E-state index contributed by atoms with van der Waals surface area (Å²) < 4.78 is 0. The molecule has 4 unspecified atom stereocenters. The first-order chi connectivity index (χ1) is 10.0.